The summed E-state index contributed by atoms with van der Waals surface area (Å²) in [6, 6.07) is 6.94. The minimum absolute atomic E-state index is 0.263. The van der Waals surface area contributed by atoms with Crippen LogP contribution in [0.5, 0.6) is 0 Å². The average molecular weight is 312 g/mol. The van der Waals surface area contributed by atoms with E-state index in [9.17, 15) is 9.59 Å². The van der Waals surface area contributed by atoms with Crippen molar-refractivity contribution in [2.24, 2.45) is 0 Å². The van der Waals surface area contributed by atoms with Gasteiger partial charge in [-0.05, 0) is 38.1 Å². The van der Waals surface area contributed by atoms with Gasteiger partial charge in [-0.2, -0.15) is 0 Å². The molecule has 0 fully saturated rings. The predicted molar refractivity (Wildman–Crippen MR) is 72.0 cm³/mol. The highest BCUT2D eigenvalue weighted by Gasteiger charge is 2.06. The molecular weight excluding hydrogens is 298 g/mol. The number of allylic oxidation sites excluding steroid dienone is 1. The summed E-state index contributed by atoms with van der Waals surface area (Å²) in [5, 5.41) is 2.61. The van der Waals surface area contributed by atoms with Crippen molar-refractivity contribution in [2.45, 2.75) is 13.8 Å². The summed E-state index contributed by atoms with van der Waals surface area (Å²) < 4.78 is 5.64. The quantitative estimate of drug-likeness (QED) is 0.687. The second-order valence-corrected chi connectivity index (χ2v) is 4.46. The number of carbonyl (C=O) groups excluding carboxylic acids is 2. The maximum absolute atomic E-state index is 11.8. The molecular formula is C13H14BrNO3. The van der Waals surface area contributed by atoms with Crippen LogP contribution >= 0.6 is 15.9 Å². The van der Waals surface area contributed by atoms with Crippen LogP contribution < -0.4 is 5.32 Å². The molecule has 1 amide bonds. The molecule has 0 bridgehead atoms. The van der Waals surface area contributed by atoms with E-state index in [0.717, 1.165) is 4.47 Å². The van der Waals surface area contributed by atoms with Crippen LogP contribution in [-0.4, -0.2) is 18.5 Å². The Bertz CT molecular complexity index is 466. The summed E-state index contributed by atoms with van der Waals surface area (Å²) >= 11 is 3.29. The summed E-state index contributed by atoms with van der Waals surface area (Å²) in [7, 11) is 0. The number of benzene rings is 1. The maximum Gasteiger partial charge on any atom is 0.332 e. The second kappa shape index (κ2) is 6.96. The molecule has 4 nitrogen and oxygen atoms in total. The third-order valence-electron chi connectivity index (χ3n) is 2.04. The first-order valence-electron chi connectivity index (χ1n) is 5.45. The number of halogens is 1. The molecule has 0 saturated heterocycles. The Morgan fingerprint density at radius 2 is 1.94 bits per heavy atom. The number of esters is 1. The van der Waals surface area contributed by atoms with Crippen molar-refractivity contribution >= 4 is 27.8 Å². The van der Waals surface area contributed by atoms with Crippen molar-refractivity contribution in [1.29, 1.82) is 0 Å². The zero-order valence-electron chi connectivity index (χ0n) is 10.2. The molecule has 1 aromatic carbocycles. The third kappa shape index (κ3) is 4.71. The smallest absolute Gasteiger partial charge is 0.332 e. The zero-order chi connectivity index (χ0) is 13.5. The molecule has 0 radical (unpaired) electrons. The van der Waals surface area contributed by atoms with Gasteiger partial charge >= 0.3 is 5.97 Å². The van der Waals surface area contributed by atoms with E-state index in [4.69, 9.17) is 4.74 Å². The molecule has 18 heavy (non-hydrogen) atoms. The Labute approximate surface area is 114 Å². The van der Waals surface area contributed by atoms with Gasteiger partial charge in [0.25, 0.3) is 5.91 Å². The summed E-state index contributed by atoms with van der Waals surface area (Å²) in [5.74, 6) is -0.730. The highest BCUT2D eigenvalue weighted by molar-refractivity contribution is 9.10. The average Bonchev–Trinajstić information content (AvgIpc) is 2.29. The minimum Gasteiger partial charge on any atom is -0.463 e. The molecule has 0 heterocycles. The van der Waals surface area contributed by atoms with Gasteiger partial charge in [0, 0.05) is 21.8 Å². The predicted octanol–water partition coefficient (Wildman–Crippen LogP) is 2.65. The first kappa shape index (κ1) is 14.4. The van der Waals surface area contributed by atoms with E-state index in [2.05, 4.69) is 21.2 Å². The van der Waals surface area contributed by atoms with Crippen LogP contribution in [0, 0.1) is 0 Å². The highest BCUT2D eigenvalue weighted by Crippen LogP contribution is 2.10. The molecule has 0 saturated carbocycles. The lowest BCUT2D eigenvalue weighted by Crippen LogP contribution is -2.22. The van der Waals surface area contributed by atoms with Crippen LogP contribution in [0.2, 0.25) is 0 Å². The van der Waals surface area contributed by atoms with Gasteiger partial charge in [0.2, 0.25) is 0 Å². The van der Waals surface area contributed by atoms with Crippen molar-refractivity contribution in [2.75, 3.05) is 6.61 Å². The van der Waals surface area contributed by atoms with Crippen LogP contribution in [-0.2, 0) is 9.53 Å². The van der Waals surface area contributed by atoms with Gasteiger partial charge in [-0.25, -0.2) is 4.79 Å². The van der Waals surface area contributed by atoms with E-state index < -0.39 is 5.97 Å². The molecule has 0 spiro atoms. The zero-order valence-corrected chi connectivity index (χ0v) is 11.8. The van der Waals surface area contributed by atoms with Gasteiger partial charge in [0.1, 0.15) is 0 Å². The van der Waals surface area contributed by atoms with E-state index in [1.54, 1.807) is 38.1 Å². The lowest BCUT2D eigenvalue weighted by molar-refractivity contribution is -0.137. The highest BCUT2D eigenvalue weighted by atomic mass is 79.9. The van der Waals surface area contributed by atoms with E-state index in [-0.39, 0.29) is 5.91 Å². The summed E-state index contributed by atoms with van der Waals surface area (Å²) in [6.45, 7) is 3.67. The summed E-state index contributed by atoms with van der Waals surface area (Å²) in [5.41, 5.74) is 0.969. The number of hydrogen-bond acceptors (Lipinski definition) is 3. The lowest BCUT2D eigenvalue weighted by Gasteiger charge is -2.05. The second-order valence-electron chi connectivity index (χ2n) is 3.54. The number of hydrogen-bond donors (Lipinski definition) is 1. The van der Waals surface area contributed by atoms with Crippen molar-refractivity contribution in [3.05, 3.63) is 46.1 Å². The minimum atomic E-state index is -0.467. The van der Waals surface area contributed by atoms with E-state index in [0.29, 0.717) is 17.9 Å². The molecule has 0 atom stereocenters. The fourth-order valence-corrected chi connectivity index (χ4v) is 1.51. The largest absolute Gasteiger partial charge is 0.463 e. The Kier molecular flexibility index (Phi) is 5.58. The standard InChI is InChI=1S/C13H14BrNO3/c1-3-18-12(16)8-9(2)15-13(17)10-4-6-11(14)7-5-10/h4-8H,3H2,1-2H3,(H,15,17)/b9-8-. The van der Waals surface area contributed by atoms with Crippen molar-refractivity contribution in [1.82, 2.24) is 5.32 Å². The van der Waals surface area contributed by atoms with Crippen LogP contribution in [0.1, 0.15) is 24.2 Å². The molecule has 0 aliphatic heterocycles. The Balaban J connectivity index is 2.64. The molecule has 1 N–H and O–H groups in total. The van der Waals surface area contributed by atoms with E-state index in [1.807, 2.05) is 0 Å². The molecule has 1 rings (SSSR count). The lowest BCUT2D eigenvalue weighted by atomic mass is 10.2. The molecule has 0 unspecified atom stereocenters. The molecule has 0 aliphatic carbocycles. The summed E-state index contributed by atoms with van der Waals surface area (Å²) in [4.78, 5) is 22.9. The number of nitrogens with one attached hydrogen (secondary N) is 1. The van der Waals surface area contributed by atoms with Crippen molar-refractivity contribution < 1.29 is 14.3 Å². The van der Waals surface area contributed by atoms with Gasteiger partial charge in [0.05, 0.1) is 6.61 Å². The number of carbonyl (C=O) groups is 2. The Morgan fingerprint density at radius 1 is 1.33 bits per heavy atom. The van der Waals surface area contributed by atoms with Crippen LogP contribution in [0.25, 0.3) is 0 Å². The Hall–Kier alpha value is -1.62. The normalized spacial score (nSPS) is 10.9. The first-order valence-corrected chi connectivity index (χ1v) is 6.24. The van der Waals surface area contributed by atoms with Gasteiger partial charge in [-0.3, -0.25) is 4.79 Å². The molecule has 5 heteroatoms. The topological polar surface area (TPSA) is 55.4 Å². The van der Waals surface area contributed by atoms with Crippen LogP contribution in [0.3, 0.4) is 0 Å². The van der Waals surface area contributed by atoms with E-state index in [1.165, 1.54) is 6.08 Å². The number of ether oxygens (including phenoxy) is 1. The van der Waals surface area contributed by atoms with Gasteiger partial charge in [-0.1, -0.05) is 15.9 Å². The molecule has 96 valence electrons. The fraction of sp³-hybridized carbons (Fsp3) is 0.231. The fourth-order valence-electron chi connectivity index (χ4n) is 1.25. The van der Waals surface area contributed by atoms with Crippen LogP contribution in [0.15, 0.2) is 40.5 Å². The Morgan fingerprint density at radius 3 is 2.50 bits per heavy atom. The first-order chi connectivity index (χ1) is 8.52. The molecule has 1 aromatic rings. The SMILES string of the molecule is CCOC(=O)/C=C(/C)NC(=O)c1ccc(Br)cc1. The van der Waals surface area contributed by atoms with E-state index >= 15 is 0 Å². The van der Waals surface area contributed by atoms with Gasteiger partial charge < -0.3 is 10.1 Å². The van der Waals surface area contributed by atoms with Gasteiger partial charge in [0.15, 0.2) is 0 Å². The number of amides is 1. The van der Waals surface area contributed by atoms with Crippen LogP contribution in [0.4, 0.5) is 0 Å². The van der Waals surface area contributed by atoms with Gasteiger partial charge in [-0.15, -0.1) is 0 Å². The molecule has 0 aliphatic rings. The molecule has 0 aromatic heterocycles. The monoisotopic (exact) mass is 311 g/mol. The maximum atomic E-state index is 11.8. The number of rotatable bonds is 4. The van der Waals surface area contributed by atoms with Crippen molar-refractivity contribution in [3.63, 3.8) is 0 Å². The van der Waals surface area contributed by atoms with Crippen molar-refractivity contribution in [3.8, 4) is 0 Å². The third-order valence-corrected chi connectivity index (χ3v) is 2.57. The summed E-state index contributed by atoms with van der Waals surface area (Å²) in [6.07, 6.45) is 1.25.